The SMILES string of the molecule is CC(C)(C)OC(=O)N1CCCC1c1ncc(-c2ccc(-c3ccc4c(c3)C(F)(F)c3cc(NC(=O)C5CCCN5C(=O)O)ccc3-4)cc2)[nH]1. The van der Waals surface area contributed by atoms with Gasteiger partial charge in [0.2, 0.25) is 5.91 Å². The number of ether oxygens (including phenoxy) is 1. The zero-order valence-electron chi connectivity index (χ0n) is 27.4. The molecule has 254 valence electrons. The second kappa shape index (κ2) is 12.0. The van der Waals surface area contributed by atoms with E-state index in [9.17, 15) is 19.5 Å². The molecule has 49 heavy (non-hydrogen) atoms. The lowest BCUT2D eigenvalue weighted by molar-refractivity contribution is -0.119. The summed E-state index contributed by atoms with van der Waals surface area (Å²) in [6.45, 7) is 6.38. The number of alkyl halides is 2. The standard InChI is InChI=1S/C37H37F2N5O5/c1-36(2,3)49-35(48)44-17-4-6-30(44)32-40-20-29(42-32)22-10-8-21(9-11-22)23-12-14-25-26-15-13-24(19-28(26)37(38,39)27(25)18-23)41-33(45)31-7-5-16-43(31)34(46)47/h8-15,18-20,30-31H,4-7,16-17H2,1-3H3,(H,40,42)(H,41,45)(H,46,47). The molecule has 3 heterocycles. The highest BCUT2D eigenvalue weighted by molar-refractivity contribution is 5.97. The van der Waals surface area contributed by atoms with Gasteiger partial charge in [-0.3, -0.25) is 14.6 Å². The van der Waals surface area contributed by atoms with E-state index in [0.717, 1.165) is 34.6 Å². The monoisotopic (exact) mass is 669 g/mol. The molecule has 0 saturated carbocycles. The van der Waals surface area contributed by atoms with Crippen molar-refractivity contribution in [2.45, 2.75) is 70.1 Å². The molecular weight excluding hydrogens is 632 g/mol. The molecule has 0 bridgehead atoms. The molecule has 10 nitrogen and oxygen atoms in total. The Morgan fingerprint density at radius 3 is 2.24 bits per heavy atom. The average molecular weight is 670 g/mol. The number of aromatic nitrogens is 2. The maximum atomic E-state index is 15.9. The lowest BCUT2D eigenvalue weighted by Crippen LogP contribution is -2.42. The second-order valence-electron chi connectivity index (χ2n) is 13.8. The van der Waals surface area contributed by atoms with Crippen molar-refractivity contribution in [2.24, 2.45) is 0 Å². The van der Waals surface area contributed by atoms with Gasteiger partial charge in [0.25, 0.3) is 5.92 Å². The number of nitrogens with one attached hydrogen (secondary N) is 2. The third kappa shape index (κ3) is 6.00. The number of amides is 3. The third-order valence-electron chi connectivity index (χ3n) is 9.40. The molecule has 3 aliphatic rings. The van der Waals surface area contributed by atoms with Crippen molar-refractivity contribution in [1.82, 2.24) is 19.8 Å². The minimum Gasteiger partial charge on any atom is -0.465 e. The topological polar surface area (TPSA) is 128 Å². The number of H-pyrrole nitrogens is 1. The van der Waals surface area contributed by atoms with Gasteiger partial charge in [-0.25, -0.2) is 14.6 Å². The molecule has 3 amide bonds. The molecule has 0 spiro atoms. The summed E-state index contributed by atoms with van der Waals surface area (Å²) in [6.07, 6.45) is 2.77. The summed E-state index contributed by atoms with van der Waals surface area (Å²) in [5, 5.41) is 12.0. The van der Waals surface area contributed by atoms with Crippen LogP contribution in [0.15, 0.2) is 66.9 Å². The van der Waals surface area contributed by atoms with Crippen LogP contribution in [0, 0.1) is 0 Å². The number of halogens is 2. The Kier molecular flexibility index (Phi) is 7.92. The fourth-order valence-corrected chi connectivity index (χ4v) is 7.06. The Hall–Kier alpha value is -5.26. The first kappa shape index (κ1) is 32.3. The van der Waals surface area contributed by atoms with Gasteiger partial charge in [-0.1, -0.05) is 42.5 Å². The van der Waals surface area contributed by atoms with Crippen LogP contribution in [-0.4, -0.2) is 67.7 Å². The molecular formula is C37H37F2N5O5. The number of nitrogens with zero attached hydrogens (tertiary/aromatic N) is 3. The molecule has 3 N–H and O–H groups in total. The molecule has 7 rings (SSSR count). The number of hydrogen-bond donors (Lipinski definition) is 3. The Bertz CT molecular complexity index is 1950. The predicted molar refractivity (Wildman–Crippen MR) is 179 cm³/mol. The number of anilines is 1. The van der Waals surface area contributed by atoms with Crippen LogP contribution in [0.5, 0.6) is 0 Å². The fourth-order valence-electron chi connectivity index (χ4n) is 7.06. The summed E-state index contributed by atoms with van der Waals surface area (Å²) >= 11 is 0. The van der Waals surface area contributed by atoms with E-state index in [4.69, 9.17) is 4.74 Å². The van der Waals surface area contributed by atoms with Crippen LogP contribution in [0.3, 0.4) is 0 Å². The normalized spacial score (nSPS) is 19.4. The van der Waals surface area contributed by atoms with Crippen LogP contribution in [0.25, 0.3) is 33.5 Å². The van der Waals surface area contributed by atoms with Gasteiger partial charge >= 0.3 is 12.2 Å². The number of imidazole rings is 1. The van der Waals surface area contributed by atoms with Gasteiger partial charge in [-0.2, -0.15) is 8.78 Å². The number of rotatable bonds is 5. The van der Waals surface area contributed by atoms with E-state index < -0.39 is 29.6 Å². The number of carbonyl (C=O) groups excluding carboxylic acids is 2. The molecule has 1 aliphatic carbocycles. The first-order valence-corrected chi connectivity index (χ1v) is 16.4. The van der Waals surface area contributed by atoms with E-state index in [1.165, 1.54) is 12.1 Å². The zero-order valence-corrected chi connectivity index (χ0v) is 27.4. The van der Waals surface area contributed by atoms with Crippen molar-refractivity contribution in [3.63, 3.8) is 0 Å². The fraction of sp³-hybridized carbons (Fsp3) is 0.351. The lowest BCUT2D eigenvalue weighted by atomic mass is 9.97. The van der Waals surface area contributed by atoms with Crippen molar-refractivity contribution in [2.75, 3.05) is 18.4 Å². The number of likely N-dealkylation sites (tertiary alicyclic amines) is 2. The van der Waals surface area contributed by atoms with Crippen molar-refractivity contribution in [3.05, 3.63) is 83.8 Å². The molecule has 12 heteroatoms. The maximum absolute atomic E-state index is 15.9. The van der Waals surface area contributed by atoms with Crippen LogP contribution in [0.4, 0.5) is 24.1 Å². The molecule has 2 atom stereocenters. The Morgan fingerprint density at radius 1 is 0.898 bits per heavy atom. The zero-order chi connectivity index (χ0) is 34.7. The van der Waals surface area contributed by atoms with Crippen LogP contribution in [0.2, 0.25) is 0 Å². The first-order chi connectivity index (χ1) is 23.3. The Morgan fingerprint density at radius 2 is 1.53 bits per heavy atom. The van der Waals surface area contributed by atoms with Gasteiger partial charge in [-0.05, 0) is 92.5 Å². The van der Waals surface area contributed by atoms with Gasteiger partial charge in [-0.15, -0.1) is 0 Å². The van der Waals surface area contributed by atoms with Gasteiger partial charge in [0.15, 0.2) is 0 Å². The molecule has 2 aliphatic heterocycles. The van der Waals surface area contributed by atoms with Crippen molar-refractivity contribution in [3.8, 4) is 33.5 Å². The van der Waals surface area contributed by atoms with E-state index in [2.05, 4.69) is 15.3 Å². The second-order valence-corrected chi connectivity index (χ2v) is 13.8. The van der Waals surface area contributed by atoms with Crippen molar-refractivity contribution in [1.29, 1.82) is 0 Å². The summed E-state index contributed by atoms with van der Waals surface area (Å²) in [7, 11) is 0. The van der Waals surface area contributed by atoms with E-state index in [0.29, 0.717) is 41.9 Å². The molecule has 1 aromatic heterocycles. The summed E-state index contributed by atoms with van der Waals surface area (Å²) in [5.74, 6) is -3.15. The van der Waals surface area contributed by atoms with Gasteiger partial charge in [0.1, 0.15) is 17.5 Å². The van der Waals surface area contributed by atoms with E-state index in [-0.39, 0.29) is 35.5 Å². The Labute approximate surface area is 282 Å². The van der Waals surface area contributed by atoms with E-state index in [1.807, 2.05) is 51.1 Å². The van der Waals surface area contributed by atoms with Crippen LogP contribution in [-0.2, 0) is 15.5 Å². The van der Waals surface area contributed by atoms with Crippen molar-refractivity contribution < 1.29 is 33.0 Å². The van der Waals surface area contributed by atoms with Gasteiger partial charge < -0.3 is 20.1 Å². The van der Waals surface area contributed by atoms with Gasteiger partial charge in [0, 0.05) is 29.9 Å². The highest BCUT2D eigenvalue weighted by atomic mass is 19.3. The van der Waals surface area contributed by atoms with E-state index in [1.54, 1.807) is 29.3 Å². The Balaban J connectivity index is 1.07. The number of carboxylic acid groups (broad SMARTS) is 1. The highest BCUT2D eigenvalue weighted by Gasteiger charge is 2.45. The number of benzene rings is 3. The molecule has 0 radical (unpaired) electrons. The summed E-state index contributed by atoms with van der Waals surface area (Å²) in [5.41, 5.74) is 3.10. The maximum Gasteiger partial charge on any atom is 0.410 e. The molecule has 4 aromatic rings. The lowest BCUT2D eigenvalue weighted by Gasteiger charge is -2.27. The molecule has 2 saturated heterocycles. The summed E-state index contributed by atoms with van der Waals surface area (Å²) in [6, 6.07) is 15.9. The van der Waals surface area contributed by atoms with Gasteiger partial charge in [0.05, 0.1) is 17.9 Å². The minimum atomic E-state index is -3.30. The summed E-state index contributed by atoms with van der Waals surface area (Å²) < 4.78 is 37.5. The van der Waals surface area contributed by atoms with E-state index >= 15 is 8.78 Å². The van der Waals surface area contributed by atoms with Crippen LogP contribution < -0.4 is 5.32 Å². The molecule has 2 unspecified atom stereocenters. The predicted octanol–water partition coefficient (Wildman–Crippen LogP) is 8.02. The number of aromatic amines is 1. The number of fused-ring (bicyclic) bond motifs is 3. The van der Waals surface area contributed by atoms with Crippen molar-refractivity contribution >= 4 is 23.8 Å². The average Bonchev–Trinajstić information content (AvgIpc) is 3.87. The number of hydrogen-bond acceptors (Lipinski definition) is 5. The van der Waals surface area contributed by atoms with Crippen LogP contribution >= 0.6 is 0 Å². The first-order valence-electron chi connectivity index (χ1n) is 16.4. The largest absolute Gasteiger partial charge is 0.465 e. The quantitative estimate of drug-likeness (QED) is 0.198. The highest BCUT2D eigenvalue weighted by Crippen LogP contribution is 2.52. The minimum absolute atomic E-state index is 0.121. The molecule has 3 aromatic carbocycles. The smallest absolute Gasteiger partial charge is 0.410 e. The van der Waals surface area contributed by atoms with Crippen LogP contribution in [0.1, 0.15) is 69.4 Å². The summed E-state index contributed by atoms with van der Waals surface area (Å²) in [4.78, 5) is 47.8. The molecule has 2 fully saturated rings. The third-order valence-corrected chi connectivity index (χ3v) is 9.40. The number of carbonyl (C=O) groups is 3.